The topological polar surface area (TPSA) is 61.5 Å². The number of hydrogen-bond acceptors (Lipinski definition) is 5. The van der Waals surface area contributed by atoms with Gasteiger partial charge in [-0.15, -0.1) is 0 Å². The number of halogens is 2. The zero-order chi connectivity index (χ0) is 20.2. The second-order valence-corrected chi connectivity index (χ2v) is 7.64. The first-order chi connectivity index (χ1) is 14.1. The lowest BCUT2D eigenvalue weighted by molar-refractivity contribution is 0.122. The highest BCUT2D eigenvalue weighted by Crippen LogP contribution is 2.26. The summed E-state index contributed by atoms with van der Waals surface area (Å²) in [5, 5.41) is 0. The summed E-state index contributed by atoms with van der Waals surface area (Å²) in [6.45, 7) is 3.31. The molecule has 1 aromatic heterocycles. The van der Waals surface area contributed by atoms with Crippen LogP contribution in [0.15, 0.2) is 29.1 Å². The van der Waals surface area contributed by atoms with Gasteiger partial charge in [0.25, 0.3) is 5.56 Å². The molecule has 2 saturated heterocycles. The van der Waals surface area contributed by atoms with Gasteiger partial charge in [-0.3, -0.25) is 9.78 Å². The first-order valence-corrected chi connectivity index (χ1v) is 10.3. The summed E-state index contributed by atoms with van der Waals surface area (Å²) in [4.78, 5) is 24.0. The van der Waals surface area contributed by atoms with E-state index in [0.29, 0.717) is 50.1 Å². The van der Waals surface area contributed by atoms with E-state index >= 15 is 0 Å². The second-order valence-electron chi connectivity index (χ2n) is 7.64. The number of aromatic amines is 1. The number of ether oxygens (including phenoxy) is 1. The van der Waals surface area contributed by atoms with Crippen molar-refractivity contribution >= 4 is 11.8 Å². The summed E-state index contributed by atoms with van der Waals surface area (Å²) >= 11 is 0. The molecule has 1 atom stereocenters. The highest BCUT2D eigenvalue weighted by atomic mass is 19.2. The molecular weight excluding hydrogens is 378 g/mol. The van der Waals surface area contributed by atoms with Crippen LogP contribution < -0.4 is 15.4 Å². The van der Waals surface area contributed by atoms with E-state index in [1.54, 1.807) is 6.07 Å². The normalized spacial score (nSPS) is 20.6. The molecule has 29 heavy (non-hydrogen) atoms. The summed E-state index contributed by atoms with van der Waals surface area (Å²) in [5.74, 6) is -0.488. The van der Waals surface area contributed by atoms with E-state index in [4.69, 9.17) is 9.72 Å². The van der Waals surface area contributed by atoms with Crippen molar-refractivity contribution in [2.45, 2.75) is 38.1 Å². The summed E-state index contributed by atoms with van der Waals surface area (Å²) in [5.41, 5.74) is 0.144. The molecule has 6 nitrogen and oxygen atoms in total. The average molecular weight is 404 g/mol. The van der Waals surface area contributed by atoms with Crippen LogP contribution in [-0.2, 0) is 11.2 Å². The van der Waals surface area contributed by atoms with E-state index in [-0.39, 0.29) is 11.6 Å². The number of benzene rings is 1. The smallest absolute Gasteiger partial charge is 0.254 e. The van der Waals surface area contributed by atoms with Crippen molar-refractivity contribution in [3.8, 4) is 0 Å². The monoisotopic (exact) mass is 404 g/mol. The van der Waals surface area contributed by atoms with Gasteiger partial charge in [0.2, 0.25) is 5.95 Å². The molecule has 0 bridgehead atoms. The molecule has 0 unspecified atom stereocenters. The van der Waals surface area contributed by atoms with Crippen LogP contribution in [-0.4, -0.2) is 48.9 Å². The van der Waals surface area contributed by atoms with Gasteiger partial charge in [-0.05, 0) is 30.9 Å². The lowest BCUT2D eigenvalue weighted by Crippen LogP contribution is -2.41. The third kappa shape index (κ3) is 4.58. The van der Waals surface area contributed by atoms with Crippen LogP contribution in [0.5, 0.6) is 0 Å². The minimum atomic E-state index is -0.830. The van der Waals surface area contributed by atoms with Gasteiger partial charge in [-0.2, -0.15) is 4.98 Å². The molecule has 1 aromatic carbocycles. The van der Waals surface area contributed by atoms with Gasteiger partial charge >= 0.3 is 0 Å². The van der Waals surface area contributed by atoms with E-state index in [2.05, 4.69) is 9.88 Å². The van der Waals surface area contributed by atoms with E-state index in [0.717, 1.165) is 38.3 Å². The van der Waals surface area contributed by atoms with Gasteiger partial charge in [0.05, 0.1) is 13.2 Å². The molecule has 0 spiro atoms. The number of rotatable bonds is 4. The Labute approximate surface area is 168 Å². The Balaban J connectivity index is 1.64. The molecular formula is C21H26F2N4O2. The molecule has 0 radical (unpaired) electrons. The SMILES string of the molecule is O=c1cc(N2CCOCC2)nc(N2CCCCC[C@H]2Cc2cccc(F)c2F)[nH]1. The molecule has 1 N–H and O–H groups in total. The summed E-state index contributed by atoms with van der Waals surface area (Å²) in [6.07, 6.45) is 4.24. The first kappa shape index (κ1) is 19.8. The minimum absolute atomic E-state index is 0.0584. The molecule has 0 amide bonds. The highest BCUT2D eigenvalue weighted by molar-refractivity contribution is 5.45. The lowest BCUT2D eigenvalue weighted by Gasteiger charge is -2.32. The molecule has 8 heteroatoms. The number of H-pyrrole nitrogens is 1. The van der Waals surface area contributed by atoms with Gasteiger partial charge < -0.3 is 14.5 Å². The Kier molecular flexibility index (Phi) is 6.08. The van der Waals surface area contributed by atoms with Gasteiger partial charge in [0.15, 0.2) is 11.6 Å². The van der Waals surface area contributed by atoms with Crippen molar-refractivity contribution in [3.63, 3.8) is 0 Å². The molecule has 0 saturated carbocycles. The van der Waals surface area contributed by atoms with E-state index in [9.17, 15) is 13.6 Å². The number of anilines is 2. The van der Waals surface area contributed by atoms with Crippen LogP contribution in [0, 0.1) is 11.6 Å². The third-order valence-corrected chi connectivity index (χ3v) is 5.69. The highest BCUT2D eigenvalue weighted by Gasteiger charge is 2.26. The zero-order valence-electron chi connectivity index (χ0n) is 16.4. The molecule has 0 aliphatic carbocycles. The van der Waals surface area contributed by atoms with Crippen LogP contribution in [0.1, 0.15) is 31.2 Å². The Morgan fingerprint density at radius 1 is 1.14 bits per heavy atom. The molecule has 4 rings (SSSR count). The lowest BCUT2D eigenvalue weighted by atomic mass is 10.0. The van der Waals surface area contributed by atoms with E-state index < -0.39 is 11.6 Å². The van der Waals surface area contributed by atoms with Gasteiger partial charge in [-0.1, -0.05) is 25.0 Å². The molecule has 3 heterocycles. The zero-order valence-corrected chi connectivity index (χ0v) is 16.4. The fraction of sp³-hybridized carbons (Fsp3) is 0.524. The van der Waals surface area contributed by atoms with Crippen molar-refractivity contribution in [1.29, 1.82) is 0 Å². The summed E-state index contributed by atoms with van der Waals surface area (Å²) < 4.78 is 33.3. The number of hydrogen-bond donors (Lipinski definition) is 1. The number of nitrogens with one attached hydrogen (secondary N) is 1. The Morgan fingerprint density at radius 2 is 1.97 bits per heavy atom. The van der Waals surface area contributed by atoms with Gasteiger partial charge in [0, 0.05) is 31.7 Å². The fourth-order valence-electron chi connectivity index (χ4n) is 4.15. The Morgan fingerprint density at radius 3 is 2.79 bits per heavy atom. The molecule has 156 valence electrons. The molecule has 2 aromatic rings. The Hall–Kier alpha value is -2.48. The summed E-state index contributed by atoms with van der Waals surface area (Å²) in [6, 6.07) is 5.75. The van der Waals surface area contributed by atoms with Crippen LogP contribution in [0.2, 0.25) is 0 Å². The predicted molar refractivity (Wildman–Crippen MR) is 108 cm³/mol. The largest absolute Gasteiger partial charge is 0.378 e. The van der Waals surface area contributed by atoms with Crippen LogP contribution in [0.25, 0.3) is 0 Å². The average Bonchev–Trinajstić information content (AvgIpc) is 2.97. The van der Waals surface area contributed by atoms with Crippen molar-refractivity contribution in [3.05, 3.63) is 51.8 Å². The fourth-order valence-corrected chi connectivity index (χ4v) is 4.15. The maximum atomic E-state index is 14.3. The second kappa shape index (κ2) is 8.90. The minimum Gasteiger partial charge on any atom is -0.378 e. The number of morpholine rings is 1. The van der Waals surface area contributed by atoms with Crippen LogP contribution in [0.3, 0.4) is 0 Å². The maximum absolute atomic E-state index is 14.3. The van der Waals surface area contributed by atoms with Gasteiger partial charge in [-0.25, -0.2) is 8.78 Å². The number of nitrogens with zero attached hydrogens (tertiary/aromatic N) is 3. The standard InChI is InChI=1S/C21H26F2N4O2/c22-17-7-4-5-15(20(17)23)13-16-6-2-1-3-8-27(16)21-24-18(14-19(28)25-21)26-9-11-29-12-10-26/h4-5,7,14,16H,1-3,6,8-13H2,(H,24,25,28)/t16-/m0/s1. The summed E-state index contributed by atoms with van der Waals surface area (Å²) in [7, 11) is 0. The first-order valence-electron chi connectivity index (χ1n) is 10.3. The van der Waals surface area contributed by atoms with Crippen LogP contribution >= 0.6 is 0 Å². The van der Waals surface area contributed by atoms with Crippen LogP contribution in [0.4, 0.5) is 20.5 Å². The third-order valence-electron chi connectivity index (χ3n) is 5.69. The van der Waals surface area contributed by atoms with Crippen molar-refractivity contribution < 1.29 is 13.5 Å². The van der Waals surface area contributed by atoms with E-state index in [1.807, 2.05) is 4.90 Å². The van der Waals surface area contributed by atoms with Gasteiger partial charge in [0.1, 0.15) is 5.82 Å². The molecule has 2 aliphatic heterocycles. The van der Waals surface area contributed by atoms with E-state index in [1.165, 1.54) is 12.1 Å². The predicted octanol–water partition coefficient (Wildman–Crippen LogP) is 2.88. The maximum Gasteiger partial charge on any atom is 0.254 e. The Bertz CT molecular complexity index is 898. The quantitative estimate of drug-likeness (QED) is 0.849. The van der Waals surface area contributed by atoms with Crippen molar-refractivity contribution in [1.82, 2.24) is 9.97 Å². The van der Waals surface area contributed by atoms with Crippen molar-refractivity contribution in [2.24, 2.45) is 0 Å². The number of aromatic nitrogens is 2. The van der Waals surface area contributed by atoms with Crippen molar-refractivity contribution in [2.75, 3.05) is 42.6 Å². The molecule has 2 fully saturated rings. The molecule has 2 aliphatic rings.